The van der Waals surface area contributed by atoms with E-state index in [0.717, 1.165) is 5.56 Å². The lowest BCUT2D eigenvalue weighted by Gasteiger charge is -2.63. The number of ketones is 1. The first-order chi connectivity index (χ1) is 20.8. The molecule has 0 amide bonds. The maximum Gasteiger partial charge on any atom is 0.331 e. The van der Waals surface area contributed by atoms with Gasteiger partial charge in [0.15, 0.2) is 5.78 Å². The molecule has 0 heterocycles. The molecular weight excluding hydrogens is 576 g/mol. The number of aliphatic hydroxyl groups is 6. The van der Waals surface area contributed by atoms with Gasteiger partial charge in [-0.25, -0.2) is 4.79 Å². The average Bonchev–Trinajstić information content (AvgIpc) is 3.25. The molecule has 45 heavy (non-hydrogen) atoms. The van der Waals surface area contributed by atoms with Crippen LogP contribution < -0.4 is 0 Å². The van der Waals surface area contributed by atoms with Gasteiger partial charge in [0.2, 0.25) is 0 Å². The van der Waals surface area contributed by atoms with Crippen LogP contribution in [-0.2, 0) is 14.3 Å². The molecule has 1 aromatic rings. The monoisotopic (exact) mass is 626 g/mol. The van der Waals surface area contributed by atoms with E-state index in [0.29, 0.717) is 24.8 Å². The summed E-state index contributed by atoms with van der Waals surface area (Å²) in [4.78, 5) is 26.6. The molecule has 5 rings (SSSR count). The Hall–Kier alpha value is -2.40. The standard InChI is InChI=1S/C36H50O9/c1-31(2,41)16-15-28(38)34(5,42)27-14-18-35(43)24-19-29(39)36(44)20-25(37)26(21-33(36,4)23(24)13-17-32(27,35)3)45-30(40)12-11-22-9-7-6-8-10-22/h6-12,19,23,25-28,37-38,41-44H,13-18,20-21H2,1-5H3/t23-,25-,26+,27+,28-,32-,33-,34-,35-,36-/m1/s1. The number of rotatable bonds is 8. The van der Waals surface area contributed by atoms with E-state index in [2.05, 4.69) is 0 Å². The highest BCUT2D eigenvalue weighted by Gasteiger charge is 2.72. The molecule has 9 nitrogen and oxygen atoms in total. The number of ether oxygens (including phenoxy) is 1. The number of esters is 1. The SMILES string of the molecule is CC(C)(O)CC[C@@H](O)[C@](C)(O)[C@H]1CC[C@@]2(O)C3=CC(=O)[C@]4(O)C[C@@H](O)[C@@H](OC(=O)C=Cc5ccccc5)C[C@]4(C)[C@@H]3CC[C@]12C. The first-order valence-corrected chi connectivity index (χ1v) is 16.2. The third kappa shape index (κ3) is 5.53. The molecule has 248 valence electrons. The summed E-state index contributed by atoms with van der Waals surface area (Å²) < 4.78 is 5.71. The van der Waals surface area contributed by atoms with E-state index in [1.807, 2.05) is 37.3 Å². The summed E-state index contributed by atoms with van der Waals surface area (Å²) in [5.41, 5.74) is -6.69. The summed E-state index contributed by atoms with van der Waals surface area (Å²) in [5, 5.41) is 68.5. The number of benzene rings is 1. The van der Waals surface area contributed by atoms with Crippen molar-refractivity contribution in [3.63, 3.8) is 0 Å². The zero-order valence-corrected chi connectivity index (χ0v) is 27.1. The average molecular weight is 627 g/mol. The predicted molar refractivity (Wildman–Crippen MR) is 167 cm³/mol. The minimum Gasteiger partial charge on any atom is -0.456 e. The minimum atomic E-state index is -1.91. The van der Waals surface area contributed by atoms with Gasteiger partial charge in [-0.2, -0.15) is 0 Å². The lowest BCUT2D eigenvalue weighted by molar-refractivity contribution is -0.216. The molecule has 0 aromatic heterocycles. The van der Waals surface area contributed by atoms with Crippen molar-refractivity contribution in [3.05, 3.63) is 53.6 Å². The van der Waals surface area contributed by atoms with Crippen molar-refractivity contribution < 1.29 is 45.0 Å². The molecule has 3 saturated carbocycles. The second-order valence-electron chi connectivity index (χ2n) is 15.5. The lowest BCUT2D eigenvalue weighted by atomic mass is 9.44. The molecule has 0 unspecified atom stereocenters. The van der Waals surface area contributed by atoms with E-state index in [9.17, 15) is 40.2 Å². The molecule has 4 aliphatic carbocycles. The fraction of sp³-hybridized carbons (Fsp3) is 0.667. The quantitative estimate of drug-likeness (QED) is 0.188. The largest absolute Gasteiger partial charge is 0.456 e. The van der Waals surface area contributed by atoms with Gasteiger partial charge >= 0.3 is 5.97 Å². The number of fused-ring (bicyclic) bond motifs is 5. The predicted octanol–water partition coefficient (Wildman–Crippen LogP) is 3.23. The summed E-state index contributed by atoms with van der Waals surface area (Å²) >= 11 is 0. The van der Waals surface area contributed by atoms with Gasteiger partial charge in [0, 0.05) is 23.3 Å². The van der Waals surface area contributed by atoms with Gasteiger partial charge in [-0.15, -0.1) is 0 Å². The Morgan fingerprint density at radius 3 is 2.33 bits per heavy atom. The Morgan fingerprint density at radius 1 is 1.02 bits per heavy atom. The Balaban J connectivity index is 1.41. The van der Waals surface area contributed by atoms with Crippen LogP contribution in [-0.4, -0.2) is 83.1 Å². The molecular formula is C36H50O9. The van der Waals surface area contributed by atoms with Gasteiger partial charge in [-0.3, -0.25) is 4.79 Å². The number of carbonyl (C=O) groups excluding carboxylic acids is 2. The molecule has 3 fully saturated rings. The smallest absolute Gasteiger partial charge is 0.331 e. The minimum absolute atomic E-state index is 0.0208. The molecule has 10 atom stereocenters. The van der Waals surface area contributed by atoms with Crippen LogP contribution in [0, 0.1) is 22.7 Å². The highest BCUT2D eigenvalue weighted by atomic mass is 16.6. The molecule has 0 saturated heterocycles. The third-order valence-electron chi connectivity index (χ3n) is 12.2. The van der Waals surface area contributed by atoms with Gasteiger partial charge < -0.3 is 35.4 Å². The summed E-state index contributed by atoms with van der Waals surface area (Å²) in [6.07, 6.45) is 2.68. The fourth-order valence-electron chi connectivity index (χ4n) is 9.32. The van der Waals surface area contributed by atoms with E-state index in [1.165, 1.54) is 12.2 Å². The van der Waals surface area contributed by atoms with Crippen LogP contribution >= 0.6 is 0 Å². The summed E-state index contributed by atoms with van der Waals surface area (Å²) in [6, 6.07) is 9.24. The normalized spacial score (nSPS) is 40.2. The van der Waals surface area contributed by atoms with Gasteiger partial charge in [0.1, 0.15) is 11.7 Å². The Bertz CT molecular complexity index is 1360. The van der Waals surface area contributed by atoms with Crippen molar-refractivity contribution in [1.82, 2.24) is 0 Å². The highest BCUT2D eigenvalue weighted by molar-refractivity contribution is 6.00. The van der Waals surface area contributed by atoms with Crippen LogP contribution in [0.15, 0.2) is 48.1 Å². The van der Waals surface area contributed by atoms with Crippen LogP contribution in [0.4, 0.5) is 0 Å². The van der Waals surface area contributed by atoms with E-state index in [4.69, 9.17) is 4.74 Å². The summed E-state index contributed by atoms with van der Waals surface area (Å²) in [5.74, 6) is -2.19. The van der Waals surface area contributed by atoms with E-state index < -0.39 is 75.1 Å². The highest BCUT2D eigenvalue weighted by Crippen LogP contribution is 2.69. The number of hydrogen-bond donors (Lipinski definition) is 6. The van der Waals surface area contributed by atoms with Gasteiger partial charge in [0.25, 0.3) is 0 Å². The molecule has 0 spiro atoms. The topological polar surface area (TPSA) is 165 Å². The molecule has 6 N–H and O–H groups in total. The van der Waals surface area contributed by atoms with E-state index >= 15 is 0 Å². The Kier molecular flexibility index (Phi) is 8.59. The second kappa shape index (κ2) is 11.4. The number of aliphatic hydroxyl groups excluding tert-OH is 2. The first-order valence-electron chi connectivity index (χ1n) is 16.2. The van der Waals surface area contributed by atoms with Crippen molar-refractivity contribution in [2.24, 2.45) is 22.7 Å². The zero-order valence-electron chi connectivity index (χ0n) is 27.1. The van der Waals surface area contributed by atoms with E-state index in [1.54, 1.807) is 33.8 Å². The maximum absolute atomic E-state index is 13.8. The lowest BCUT2D eigenvalue weighted by Crippen LogP contribution is -2.69. The van der Waals surface area contributed by atoms with Crippen LogP contribution in [0.3, 0.4) is 0 Å². The van der Waals surface area contributed by atoms with Crippen LogP contribution in [0.5, 0.6) is 0 Å². The number of carbonyl (C=O) groups is 2. The van der Waals surface area contributed by atoms with Gasteiger partial charge in [-0.05, 0) is 101 Å². The second-order valence-corrected chi connectivity index (χ2v) is 15.5. The van der Waals surface area contributed by atoms with Crippen molar-refractivity contribution in [2.45, 2.75) is 127 Å². The fourth-order valence-corrected chi connectivity index (χ4v) is 9.32. The van der Waals surface area contributed by atoms with Gasteiger partial charge in [0.05, 0.1) is 29.0 Å². The Morgan fingerprint density at radius 2 is 1.69 bits per heavy atom. The summed E-state index contributed by atoms with van der Waals surface area (Å²) in [7, 11) is 0. The maximum atomic E-state index is 13.8. The van der Waals surface area contributed by atoms with Crippen molar-refractivity contribution in [2.75, 3.05) is 0 Å². The molecule has 0 bridgehead atoms. The van der Waals surface area contributed by atoms with Crippen LogP contribution in [0.25, 0.3) is 6.08 Å². The third-order valence-corrected chi connectivity index (χ3v) is 12.2. The van der Waals surface area contributed by atoms with Crippen molar-refractivity contribution in [3.8, 4) is 0 Å². The number of hydrogen-bond acceptors (Lipinski definition) is 9. The van der Waals surface area contributed by atoms with Crippen molar-refractivity contribution in [1.29, 1.82) is 0 Å². The molecule has 9 heteroatoms. The van der Waals surface area contributed by atoms with E-state index in [-0.39, 0.29) is 32.1 Å². The molecule has 0 radical (unpaired) electrons. The molecule has 4 aliphatic rings. The molecule has 0 aliphatic heterocycles. The zero-order chi connectivity index (χ0) is 33.2. The van der Waals surface area contributed by atoms with Crippen LogP contribution in [0.2, 0.25) is 0 Å². The Labute approximate surface area is 265 Å². The van der Waals surface area contributed by atoms with Gasteiger partial charge in [-0.1, -0.05) is 44.2 Å². The van der Waals surface area contributed by atoms with Crippen LogP contribution in [0.1, 0.15) is 91.5 Å². The molecule has 1 aromatic carbocycles. The first kappa shape index (κ1) is 33.9. The van der Waals surface area contributed by atoms with Crippen molar-refractivity contribution >= 4 is 17.8 Å². The summed E-state index contributed by atoms with van der Waals surface area (Å²) in [6.45, 7) is 8.57.